The molecule has 0 aromatic rings. The van der Waals surface area contributed by atoms with Gasteiger partial charge in [-0.05, 0) is 65.1 Å². The summed E-state index contributed by atoms with van der Waals surface area (Å²) in [6.45, 7) is 9.64. The molecular weight excluding hydrogens is 415 g/mol. The Morgan fingerprint density at radius 1 is 1.08 bits per heavy atom. The third-order valence-electron chi connectivity index (χ3n) is 4.71. The quantitative estimate of drug-likeness (QED) is 0.245. The monoisotopic (exact) mass is 452 g/mol. The molecule has 2 N–H and O–H groups in total. The van der Waals surface area contributed by atoms with Crippen LogP contribution in [0.25, 0.3) is 0 Å². The third-order valence-corrected chi connectivity index (χ3v) is 4.71. The summed E-state index contributed by atoms with van der Waals surface area (Å²) in [5.74, 6) is 0.944. The van der Waals surface area contributed by atoms with Crippen molar-refractivity contribution in [1.29, 1.82) is 0 Å². The maximum atomic E-state index is 5.63. The molecule has 2 heterocycles. The molecule has 142 valence electrons. The van der Waals surface area contributed by atoms with Crippen molar-refractivity contribution >= 4 is 29.9 Å². The zero-order valence-corrected chi connectivity index (χ0v) is 17.7. The number of unbranched alkanes of at least 4 members (excludes halogenated alkanes) is 2. The second kappa shape index (κ2) is 14.1. The molecule has 0 bridgehead atoms. The van der Waals surface area contributed by atoms with Crippen LogP contribution in [0.5, 0.6) is 0 Å². The Balaban J connectivity index is 0.00000288. The fourth-order valence-electron chi connectivity index (χ4n) is 3.35. The zero-order chi connectivity index (χ0) is 16.2. The van der Waals surface area contributed by atoms with Crippen LogP contribution >= 0.6 is 24.0 Å². The van der Waals surface area contributed by atoms with Gasteiger partial charge in [-0.25, -0.2) is 0 Å². The van der Waals surface area contributed by atoms with E-state index in [4.69, 9.17) is 4.74 Å². The lowest BCUT2D eigenvalue weighted by atomic mass is 10.1. The van der Waals surface area contributed by atoms with Crippen molar-refractivity contribution in [3.8, 4) is 0 Å². The lowest BCUT2D eigenvalue weighted by molar-refractivity contribution is 0.117. The number of ether oxygens (including phenoxy) is 1. The van der Waals surface area contributed by atoms with Crippen molar-refractivity contribution in [2.45, 2.75) is 64.4 Å². The summed E-state index contributed by atoms with van der Waals surface area (Å²) in [5.41, 5.74) is 0. The van der Waals surface area contributed by atoms with E-state index in [-0.39, 0.29) is 24.0 Å². The van der Waals surface area contributed by atoms with Crippen LogP contribution < -0.4 is 10.6 Å². The number of aliphatic imine (C=N–C) groups is 1. The highest BCUT2D eigenvalue weighted by Gasteiger charge is 2.14. The van der Waals surface area contributed by atoms with Crippen molar-refractivity contribution < 1.29 is 4.74 Å². The molecule has 1 unspecified atom stereocenters. The average molecular weight is 452 g/mol. The molecule has 0 saturated carbocycles. The molecule has 2 aliphatic rings. The first-order valence-electron chi connectivity index (χ1n) is 9.74. The van der Waals surface area contributed by atoms with Gasteiger partial charge in [0.1, 0.15) is 0 Å². The lowest BCUT2D eigenvalue weighted by Crippen LogP contribution is -2.38. The summed E-state index contributed by atoms with van der Waals surface area (Å²) in [4.78, 5) is 7.28. The van der Waals surface area contributed by atoms with Gasteiger partial charge in [0.15, 0.2) is 5.96 Å². The minimum atomic E-state index is 0. The van der Waals surface area contributed by atoms with Crippen LogP contribution in [0.4, 0.5) is 0 Å². The first kappa shape index (κ1) is 22.0. The highest BCUT2D eigenvalue weighted by molar-refractivity contribution is 14.0. The van der Waals surface area contributed by atoms with Gasteiger partial charge in [0.05, 0.1) is 12.6 Å². The van der Waals surface area contributed by atoms with Gasteiger partial charge in [-0.1, -0.05) is 12.8 Å². The highest BCUT2D eigenvalue weighted by atomic mass is 127. The molecule has 0 aromatic carbocycles. The van der Waals surface area contributed by atoms with Gasteiger partial charge in [-0.2, -0.15) is 0 Å². The van der Waals surface area contributed by atoms with E-state index in [1.807, 2.05) is 0 Å². The first-order valence-corrected chi connectivity index (χ1v) is 9.74. The van der Waals surface area contributed by atoms with E-state index in [0.29, 0.717) is 6.10 Å². The van der Waals surface area contributed by atoms with Crippen molar-refractivity contribution in [3.63, 3.8) is 0 Å². The first-order chi connectivity index (χ1) is 11.4. The van der Waals surface area contributed by atoms with E-state index in [1.54, 1.807) is 0 Å². The van der Waals surface area contributed by atoms with Crippen molar-refractivity contribution in [2.24, 2.45) is 4.99 Å². The molecule has 0 amide bonds. The largest absolute Gasteiger partial charge is 0.376 e. The smallest absolute Gasteiger partial charge is 0.191 e. The second-order valence-electron chi connectivity index (χ2n) is 6.74. The third kappa shape index (κ3) is 9.42. The maximum absolute atomic E-state index is 5.63. The standard InChI is InChI=1S/C18H36N4O.HI/c1-2-19-18(21-16-17-10-9-15-23-17)20-11-5-3-6-12-22-13-7-4-8-14-22;/h17H,2-16H2,1H3,(H2,19,20,21);1H. The second-order valence-corrected chi connectivity index (χ2v) is 6.74. The maximum Gasteiger partial charge on any atom is 0.191 e. The topological polar surface area (TPSA) is 48.9 Å². The van der Waals surface area contributed by atoms with Crippen LogP contribution in [0.1, 0.15) is 58.3 Å². The molecule has 2 fully saturated rings. The van der Waals surface area contributed by atoms with E-state index in [2.05, 4.69) is 27.4 Å². The number of hydrogen-bond acceptors (Lipinski definition) is 3. The fourth-order valence-corrected chi connectivity index (χ4v) is 3.35. The average Bonchev–Trinajstić information content (AvgIpc) is 3.10. The fraction of sp³-hybridized carbons (Fsp3) is 0.944. The van der Waals surface area contributed by atoms with E-state index >= 15 is 0 Å². The van der Waals surface area contributed by atoms with Gasteiger partial charge in [-0.15, -0.1) is 24.0 Å². The molecule has 5 nitrogen and oxygen atoms in total. The minimum absolute atomic E-state index is 0. The van der Waals surface area contributed by atoms with E-state index in [1.165, 1.54) is 64.6 Å². The zero-order valence-electron chi connectivity index (χ0n) is 15.4. The Hall–Kier alpha value is -0.0800. The van der Waals surface area contributed by atoms with Crippen LogP contribution in [-0.4, -0.2) is 62.8 Å². The molecular formula is C18H37IN4O. The van der Waals surface area contributed by atoms with Crippen molar-refractivity contribution in [2.75, 3.05) is 45.9 Å². The Labute approximate surface area is 165 Å². The Bertz CT molecular complexity index is 329. The summed E-state index contributed by atoms with van der Waals surface area (Å²) < 4.78 is 5.63. The van der Waals surface area contributed by atoms with Crippen LogP contribution in [0.2, 0.25) is 0 Å². The predicted molar refractivity (Wildman–Crippen MR) is 113 cm³/mol. The number of likely N-dealkylation sites (tertiary alicyclic amines) is 1. The molecule has 0 aromatic heterocycles. The van der Waals surface area contributed by atoms with Gasteiger partial charge >= 0.3 is 0 Å². The van der Waals surface area contributed by atoms with Crippen LogP contribution in [0, 0.1) is 0 Å². The van der Waals surface area contributed by atoms with Crippen molar-refractivity contribution in [3.05, 3.63) is 0 Å². The van der Waals surface area contributed by atoms with E-state index < -0.39 is 0 Å². The Morgan fingerprint density at radius 2 is 1.92 bits per heavy atom. The number of nitrogens with one attached hydrogen (secondary N) is 2. The Morgan fingerprint density at radius 3 is 2.62 bits per heavy atom. The lowest BCUT2D eigenvalue weighted by Gasteiger charge is -2.26. The van der Waals surface area contributed by atoms with Gasteiger partial charge < -0.3 is 20.3 Å². The summed E-state index contributed by atoms with van der Waals surface area (Å²) in [6, 6.07) is 0. The van der Waals surface area contributed by atoms with Gasteiger partial charge in [-0.3, -0.25) is 4.99 Å². The van der Waals surface area contributed by atoms with Crippen LogP contribution in [0.15, 0.2) is 4.99 Å². The molecule has 1 atom stereocenters. The van der Waals surface area contributed by atoms with Crippen LogP contribution in [-0.2, 0) is 4.74 Å². The van der Waals surface area contributed by atoms with Crippen LogP contribution in [0.3, 0.4) is 0 Å². The number of nitrogens with zero attached hydrogens (tertiary/aromatic N) is 2. The number of piperidine rings is 1. The highest BCUT2D eigenvalue weighted by Crippen LogP contribution is 2.12. The normalized spacial score (nSPS) is 22.2. The molecule has 2 aliphatic heterocycles. The van der Waals surface area contributed by atoms with Gasteiger partial charge in [0.2, 0.25) is 0 Å². The number of guanidine groups is 1. The van der Waals surface area contributed by atoms with E-state index in [9.17, 15) is 0 Å². The molecule has 24 heavy (non-hydrogen) atoms. The number of halogens is 1. The Kier molecular flexibility index (Phi) is 12.9. The van der Waals surface area contributed by atoms with Gasteiger partial charge in [0, 0.05) is 19.7 Å². The number of hydrogen-bond donors (Lipinski definition) is 2. The van der Waals surface area contributed by atoms with Gasteiger partial charge in [0.25, 0.3) is 0 Å². The summed E-state index contributed by atoms with van der Waals surface area (Å²) >= 11 is 0. The molecule has 0 spiro atoms. The predicted octanol–water partition coefficient (Wildman–Crippen LogP) is 2.99. The van der Waals surface area contributed by atoms with Crippen molar-refractivity contribution in [1.82, 2.24) is 15.5 Å². The molecule has 2 saturated heterocycles. The summed E-state index contributed by atoms with van der Waals surface area (Å²) in [6.07, 6.45) is 10.7. The van der Waals surface area contributed by atoms with E-state index in [0.717, 1.165) is 38.6 Å². The molecule has 0 radical (unpaired) electrons. The molecule has 6 heteroatoms. The molecule has 2 rings (SSSR count). The minimum Gasteiger partial charge on any atom is -0.376 e. The number of rotatable bonds is 9. The SMILES string of the molecule is CCNC(=NCC1CCCO1)NCCCCCN1CCCCC1.I. The molecule has 0 aliphatic carbocycles. The summed E-state index contributed by atoms with van der Waals surface area (Å²) in [7, 11) is 0. The summed E-state index contributed by atoms with van der Waals surface area (Å²) in [5, 5.41) is 6.78.